The van der Waals surface area contributed by atoms with Crippen LogP contribution < -0.4 is 0 Å². The van der Waals surface area contributed by atoms with Gasteiger partial charge in [0.15, 0.2) is 0 Å². The molecule has 0 saturated heterocycles. The van der Waals surface area contributed by atoms with Crippen molar-refractivity contribution in [1.82, 2.24) is 19.1 Å². The molecule has 3 aromatic heterocycles. The van der Waals surface area contributed by atoms with E-state index in [9.17, 15) is 8.42 Å². The van der Waals surface area contributed by atoms with Gasteiger partial charge in [0.1, 0.15) is 12.1 Å². The summed E-state index contributed by atoms with van der Waals surface area (Å²) >= 11 is 0. The maximum Gasteiger partial charge on any atom is 0.210 e. The molecule has 7 heteroatoms. The van der Waals surface area contributed by atoms with Crippen molar-refractivity contribution in [2.45, 2.75) is 30.6 Å². The fourth-order valence-corrected chi connectivity index (χ4v) is 5.14. The zero-order chi connectivity index (χ0) is 19.3. The first-order chi connectivity index (χ1) is 12.8. The van der Waals surface area contributed by atoms with Gasteiger partial charge < -0.3 is 4.57 Å². The molecule has 4 aromatic rings. The minimum absolute atomic E-state index is 0.221. The first-order valence-electron chi connectivity index (χ1n) is 8.56. The van der Waals surface area contributed by atoms with E-state index in [0.29, 0.717) is 16.3 Å². The maximum atomic E-state index is 13.4. The third-order valence-electron chi connectivity index (χ3n) is 4.79. The lowest BCUT2D eigenvalue weighted by Crippen LogP contribution is -2.06. The summed E-state index contributed by atoms with van der Waals surface area (Å²) in [5, 5.41) is 0.758. The average Bonchev–Trinajstić information content (AvgIpc) is 3.20. The lowest BCUT2D eigenvalue weighted by Gasteiger charge is -2.09. The number of sulfone groups is 1. The van der Waals surface area contributed by atoms with E-state index in [-0.39, 0.29) is 4.90 Å². The van der Waals surface area contributed by atoms with E-state index in [2.05, 4.69) is 9.97 Å². The molecule has 0 fully saturated rings. The summed E-state index contributed by atoms with van der Waals surface area (Å²) in [6.07, 6.45) is 6.63. The number of imidazole rings is 1. The summed E-state index contributed by atoms with van der Waals surface area (Å²) in [5.41, 5.74) is 3.35. The molecule has 0 saturated carbocycles. The number of hydrogen-bond acceptors (Lipinski definition) is 4. The van der Waals surface area contributed by atoms with Crippen molar-refractivity contribution in [2.75, 3.05) is 0 Å². The highest BCUT2D eigenvalue weighted by atomic mass is 32.2. The van der Waals surface area contributed by atoms with Gasteiger partial charge in [0.25, 0.3) is 0 Å². The molecule has 0 bridgehead atoms. The quantitative estimate of drug-likeness (QED) is 0.545. The number of aryl methyl sites for hydroxylation is 4. The third-order valence-corrected chi connectivity index (χ3v) is 6.69. The molecule has 4 rings (SSSR count). The summed E-state index contributed by atoms with van der Waals surface area (Å²) in [6, 6.07) is 7.56. The highest BCUT2D eigenvalue weighted by Crippen LogP contribution is 2.33. The summed E-state index contributed by atoms with van der Waals surface area (Å²) in [7, 11) is -1.84. The van der Waals surface area contributed by atoms with Crippen molar-refractivity contribution < 1.29 is 8.42 Å². The van der Waals surface area contributed by atoms with Gasteiger partial charge in [-0.3, -0.25) is 4.57 Å². The summed E-state index contributed by atoms with van der Waals surface area (Å²) in [5.74, 6) is 0.640. The topological polar surface area (TPSA) is 69.8 Å². The van der Waals surface area contributed by atoms with Crippen LogP contribution in [-0.2, 0) is 16.9 Å². The first-order valence-corrected chi connectivity index (χ1v) is 10.0. The Hall–Kier alpha value is -2.93. The number of benzene rings is 1. The van der Waals surface area contributed by atoms with Gasteiger partial charge in [0, 0.05) is 36.5 Å². The van der Waals surface area contributed by atoms with Gasteiger partial charge in [-0.2, -0.15) is 0 Å². The van der Waals surface area contributed by atoms with Crippen LogP contribution in [0.4, 0.5) is 0 Å². The van der Waals surface area contributed by atoms with Crippen molar-refractivity contribution in [3.8, 4) is 5.82 Å². The van der Waals surface area contributed by atoms with Crippen LogP contribution in [0.25, 0.3) is 16.7 Å². The molecule has 1 aromatic carbocycles. The van der Waals surface area contributed by atoms with Crippen LogP contribution in [0.1, 0.15) is 16.8 Å². The standard InChI is InChI=1S/C20H20N4O2S/c1-13-6-5-7-16-20(13)18(11-23(16)4)27(25,26)17-9-21-19(8-14(17)2)24-10-15(3)22-12-24/h5-12H,1-4H3. The van der Waals surface area contributed by atoms with Gasteiger partial charge in [0.2, 0.25) is 9.84 Å². The molecule has 3 heterocycles. The molecule has 0 aliphatic heterocycles. The van der Waals surface area contributed by atoms with E-state index in [1.165, 1.54) is 6.20 Å². The van der Waals surface area contributed by atoms with Crippen LogP contribution in [0.2, 0.25) is 0 Å². The van der Waals surface area contributed by atoms with Crippen LogP contribution in [0.3, 0.4) is 0 Å². The van der Waals surface area contributed by atoms with E-state index >= 15 is 0 Å². The predicted octanol–water partition coefficient (Wildman–Crippen LogP) is 3.52. The Morgan fingerprint density at radius 2 is 1.74 bits per heavy atom. The molecule has 0 spiro atoms. The lowest BCUT2D eigenvalue weighted by atomic mass is 10.1. The van der Waals surface area contributed by atoms with Crippen LogP contribution in [0.5, 0.6) is 0 Å². The first kappa shape index (κ1) is 17.5. The second-order valence-electron chi connectivity index (χ2n) is 6.81. The molecule has 0 aliphatic rings. The highest BCUT2D eigenvalue weighted by Gasteiger charge is 2.26. The van der Waals surface area contributed by atoms with E-state index < -0.39 is 9.84 Å². The monoisotopic (exact) mass is 380 g/mol. The summed E-state index contributed by atoms with van der Waals surface area (Å²) < 4.78 is 30.5. The molecule has 0 atom stereocenters. The van der Waals surface area contributed by atoms with Crippen molar-refractivity contribution >= 4 is 20.7 Å². The molecule has 0 aliphatic carbocycles. The van der Waals surface area contributed by atoms with Crippen LogP contribution in [-0.4, -0.2) is 27.5 Å². The average molecular weight is 380 g/mol. The molecule has 6 nitrogen and oxygen atoms in total. The molecule has 0 unspecified atom stereocenters. The smallest absolute Gasteiger partial charge is 0.210 e. The Morgan fingerprint density at radius 1 is 0.963 bits per heavy atom. The normalized spacial score (nSPS) is 12.0. The number of aromatic nitrogens is 4. The van der Waals surface area contributed by atoms with Gasteiger partial charge in [-0.05, 0) is 44.0 Å². The van der Waals surface area contributed by atoms with Crippen molar-refractivity contribution in [3.63, 3.8) is 0 Å². The summed E-state index contributed by atoms with van der Waals surface area (Å²) in [4.78, 5) is 9.09. The zero-order valence-electron chi connectivity index (χ0n) is 15.6. The van der Waals surface area contributed by atoms with Crippen LogP contribution >= 0.6 is 0 Å². The summed E-state index contributed by atoms with van der Waals surface area (Å²) in [6.45, 7) is 5.61. The number of rotatable bonds is 3. The third kappa shape index (κ3) is 2.75. The molecule has 0 amide bonds. The molecule has 0 N–H and O–H groups in total. The van der Waals surface area contributed by atoms with Crippen molar-refractivity contribution in [2.24, 2.45) is 7.05 Å². The largest absolute Gasteiger partial charge is 0.349 e. The molecule has 0 radical (unpaired) electrons. The minimum Gasteiger partial charge on any atom is -0.349 e. The van der Waals surface area contributed by atoms with Crippen molar-refractivity contribution in [3.05, 3.63) is 66.0 Å². The Labute approximate surface area is 158 Å². The minimum atomic E-state index is -3.70. The van der Waals surface area contributed by atoms with Gasteiger partial charge in [-0.1, -0.05) is 12.1 Å². The second-order valence-corrected chi connectivity index (χ2v) is 8.69. The maximum absolute atomic E-state index is 13.4. The van der Waals surface area contributed by atoms with E-state index in [0.717, 1.165) is 22.2 Å². The molecule has 27 heavy (non-hydrogen) atoms. The lowest BCUT2D eigenvalue weighted by molar-refractivity contribution is 0.595. The number of pyridine rings is 1. The zero-order valence-corrected chi connectivity index (χ0v) is 16.4. The van der Waals surface area contributed by atoms with Gasteiger partial charge in [-0.25, -0.2) is 18.4 Å². The Bertz CT molecular complexity index is 1280. The Balaban J connectivity index is 1.88. The van der Waals surface area contributed by atoms with Crippen LogP contribution in [0, 0.1) is 20.8 Å². The molecule has 138 valence electrons. The fraction of sp³-hybridized carbons (Fsp3) is 0.200. The van der Waals surface area contributed by atoms with Gasteiger partial charge in [-0.15, -0.1) is 0 Å². The SMILES string of the molecule is Cc1cn(-c2cc(C)c(S(=O)(=O)c3cn(C)c4cccc(C)c34)cn2)cn1. The van der Waals surface area contributed by atoms with Gasteiger partial charge >= 0.3 is 0 Å². The number of nitrogens with zero attached hydrogens (tertiary/aromatic N) is 4. The second kappa shape index (κ2) is 6.06. The Morgan fingerprint density at radius 3 is 2.41 bits per heavy atom. The Kier molecular flexibility index (Phi) is 3.92. The van der Waals surface area contributed by atoms with Gasteiger partial charge in [0.05, 0.1) is 15.5 Å². The van der Waals surface area contributed by atoms with E-state index in [4.69, 9.17) is 0 Å². The van der Waals surface area contributed by atoms with E-state index in [1.54, 1.807) is 30.1 Å². The van der Waals surface area contributed by atoms with Crippen LogP contribution in [0.15, 0.2) is 59.0 Å². The van der Waals surface area contributed by atoms with Crippen molar-refractivity contribution in [1.29, 1.82) is 0 Å². The van der Waals surface area contributed by atoms with E-state index in [1.807, 2.05) is 49.9 Å². The number of fused-ring (bicyclic) bond motifs is 1. The predicted molar refractivity (Wildman–Crippen MR) is 104 cm³/mol. The highest BCUT2D eigenvalue weighted by molar-refractivity contribution is 7.91. The molecular formula is C20H20N4O2S. The number of hydrogen-bond donors (Lipinski definition) is 0. The molecular weight excluding hydrogens is 360 g/mol. The fourth-order valence-electron chi connectivity index (χ4n) is 3.40.